The van der Waals surface area contributed by atoms with Crippen LogP contribution in [-0.4, -0.2) is 39.6 Å². The number of aromatic nitrogens is 2. The molecule has 0 radical (unpaired) electrons. The second-order valence-electron chi connectivity index (χ2n) is 6.63. The molecular weight excluding hydrogens is 324 g/mol. The summed E-state index contributed by atoms with van der Waals surface area (Å²) < 4.78 is 1.54. The number of carbonyl (C=O) groups excluding carboxylic acids is 2. The topological polar surface area (TPSA) is 67.2 Å². The van der Waals surface area contributed by atoms with Gasteiger partial charge in [-0.3, -0.25) is 14.3 Å². The predicted molar refractivity (Wildman–Crippen MR) is 94.3 cm³/mol. The number of hydrogen-bond acceptors (Lipinski definition) is 4. The molecule has 3 rings (SSSR count). The molecule has 2 atom stereocenters. The largest absolute Gasteiger partial charge is 0.337 e. The summed E-state index contributed by atoms with van der Waals surface area (Å²) in [6, 6.07) is 5.24. The lowest BCUT2D eigenvalue weighted by atomic mass is 9.92. The van der Waals surface area contributed by atoms with Gasteiger partial charge in [0.2, 0.25) is 0 Å². The number of carbonyl (C=O) groups is 2. The van der Waals surface area contributed by atoms with Crippen LogP contribution in [0.4, 0.5) is 5.82 Å². The van der Waals surface area contributed by atoms with Crippen molar-refractivity contribution in [2.45, 2.75) is 20.3 Å². The Morgan fingerprint density at radius 1 is 1.29 bits per heavy atom. The Kier molecular flexibility index (Phi) is 4.71. The average Bonchev–Trinajstić information content (AvgIpc) is 3.16. The first-order valence-corrected chi connectivity index (χ1v) is 9.00. The van der Waals surface area contributed by atoms with Crippen LogP contribution in [-0.2, 0) is 7.05 Å². The molecule has 3 heterocycles. The Labute approximate surface area is 145 Å². The van der Waals surface area contributed by atoms with Crippen LogP contribution in [0.25, 0.3) is 0 Å². The van der Waals surface area contributed by atoms with E-state index in [1.54, 1.807) is 19.2 Å². The Morgan fingerprint density at radius 2 is 2.00 bits per heavy atom. The summed E-state index contributed by atoms with van der Waals surface area (Å²) in [6.07, 6.45) is 1.15. The minimum absolute atomic E-state index is 0.0689. The van der Waals surface area contributed by atoms with Crippen molar-refractivity contribution in [3.63, 3.8) is 0 Å². The molecule has 0 aliphatic carbocycles. The van der Waals surface area contributed by atoms with Gasteiger partial charge >= 0.3 is 0 Å². The molecule has 2 amide bonds. The quantitative estimate of drug-likeness (QED) is 0.929. The Bertz CT molecular complexity index is 728. The molecular formula is C17H22N4O2S. The molecule has 0 aromatic carbocycles. The zero-order chi connectivity index (χ0) is 17.3. The standard InChI is InChI=1S/C17H22N4O2S/c1-11-7-12(2)10-21(9-11)17(23)13-8-15(20(3)19-13)18-16(22)14-5-4-6-24-14/h4-6,8,11-12H,7,9-10H2,1-3H3,(H,18,22)/t11-,12+. The first kappa shape index (κ1) is 16.7. The lowest BCUT2D eigenvalue weighted by Crippen LogP contribution is -2.42. The fourth-order valence-electron chi connectivity index (χ4n) is 3.27. The molecule has 128 valence electrons. The lowest BCUT2D eigenvalue weighted by Gasteiger charge is -2.34. The van der Waals surface area contributed by atoms with Gasteiger partial charge in [0.1, 0.15) is 5.82 Å². The molecule has 2 aromatic heterocycles. The molecule has 0 spiro atoms. The molecule has 2 aromatic rings. The maximum absolute atomic E-state index is 12.7. The highest BCUT2D eigenvalue weighted by Gasteiger charge is 2.28. The highest BCUT2D eigenvalue weighted by atomic mass is 32.1. The van der Waals surface area contributed by atoms with Gasteiger partial charge in [-0.2, -0.15) is 5.10 Å². The van der Waals surface area contributed by atoms with Crippen LogP contribution in [0.1, 0.15) is 40.4 Å². The molecule has 0 saturated carbocycles. The predicted octanol–water partition coefficient (Wildman–Crippen LogP) is 2.85. The van der Waals surface area contributed by atoms with Crippen molar-refractivity contribution < 1.29 is 9.59 Å². The van der Waals surface area contributed by atoms with E-state index in [-0.39, 0.29) is 11.8 Å². The van der Waals surface area contributed by atoms with Crippen molar-refractivity contribution >= 4 is 29.0 Å². The number of likely N-dealkylation sites (tertiary alicyclic amines) is 1. The average molecular weight is 346 g/mol. The molecule has 1 fully saturated rings. The summed E-state index contributed by atoms with van der Waals surface area (Å²) in [5, 5.41) is 8.95. The lowest BCUT2D eigenvalue weighted by molar-refractivity contribution is 0.0616. The van der Waals surface area contributed by atoms with Crippen LogP contribution in [0.5, 0.6) is 0 Å². The number of thiophene rings is 1. The third kappa shape index (κ3) is 3.51. The number of aryl methyl sites for hydroxylation is 1. The zero-order valence-corrected chi connectivity index (χ0v) is 15.0. The molecule has 1 aliphatic heterocycles. The molecule has 24 heavy (non-hydrogen) atoms. The van der Waals surface area contributed by atoms with Crippen molar-refractivity contribution in [1.82, 2.24) is 14.7 Å². The smallest absolute Gasteiger partial charge is 0.274 e. The number of hydrogen-bond donors (Lipinski definition) is 1. The second kappa shape index (κ2) is 6.76. The summed E-state index contributed by atoms with van der Waals surface area (Å²) >= 11 is 1.38. The van der Waals surface area contributed by atoms with Crippen LogP contribution >= 0.6 is 11.3 Å². The fourth-order valence-corrected chi connectivity index (χ4v) is 3.88. The van der Waals surface area contributed by atoms with Crippen LogP contribution in [0.15, 0.2) is 23.6 Å². The van der Waals surface area contributed by atoms with Gasteiger partial charge in [-0.05, 0) is 29.7 Å². The SMILES string of the molecule is C[C@@H]1C[C@H](C)CN(C(=O)c2cc(NC(=O)c3cccs3)n(C)n2)C1. The maximum atomic E-state index is 12.7. The van der Waals surface area contributed by atoms with Crippen LogP contribution in [0.3, 0.4) is 0 Å². The first-order chi connectivity index (χ1) is 11.4. The third-order valence-electron chi connectivity index (χ3n) is 4.24. The third-order valence-corrected chi connectivity index (χ3v) is 5.11. The Balaban J connectivity index is 1.73. The monoisotopic (exact) mass is 346 g/mol. The van der Waals surface area contributed by atoms with E-state index in [1.165, 1.54) is 16.0 Å². The van der Waals surface area contributed by atoms with Crippen LogP contribution in [0, 0.1) is 11.8 Å². The fraction of sp³-hybridized carbons (Fsp3) is 0.471. The van der Waals surface area contributed by atoms with Crippen molar-refractivity contribution in [3.05, 3.63) is 34.2 Å². The van der Waals surface area contributed by atoms with E-state index in [0.717, 1.165) is 19.5 Å². The van der Waals surface area contributed by atoms with Crippen molar-refractivity contribution in [2.24, 2.45) is 18.9 Å². The summed E-state index contributed by atoms with van der Waals surface area (Å²) in [5.74, 6) is 1.27. The Hall–Kier alpha value is -2.15. The highest BCUT2D eigenvalue weighted by molar-refractivity contribution is 7.12. The zero-order valence-electron chi connectivity index (χ0n) is 14.2. The van der Waals surface area contributed by atoms with Gasteiger partial charge < -0.3 is 10.2 Å². The summed E-state index contributed by atoms with van der Waals surface area (Å²) in [4.78, 5) is 27.4. The van der Waals surface area contributed by atoms with E-state index < -0.39 is 0 Å². The minimum atomic E-state index is -0.188. The van der Waals surface area contributed by atoms with Crippen molar-refractivity contribution in [2.75, 3.05) is 18.4 Å². The summed E-state index contributed by atoms with van der Waals surface area (Å²) in [5.41, 5.74) is 0.375. The summed E-state index contributed by atoms with van der Waals surface area (Å²) in [6.45, 7) is 5.86. The highest BCUT2D eigenvalue weighted by Crippen LogP contribution is 2.23. The van der Waals surface area contributed by atoms with Gasteiger partial charge in [-0.15, -0.1) is 11.3 Å². The molecule has 0 bridgehead atoms. The van der Waals surface area contributed by atoms with Gasteiger partial charge in [-0.1, -0.05) is 19.9 Å². The molecule has 1 saturated heterocycles. The van der Waals surface area contributed by atoms with Gasteiger partial charge in [0.15, 0.2) is 5.69 Å². The molecule has 6 nitrogen and oxygen atoms in total. The van der Waals surface area contributed by atoms with Crippen molar-refractivity contribution in [1.29, 1.82) is 0 Å². The number of piperidine rings is 1. The van der Waals surface area contributed by atoms with Crippen LogP contribution in [0.2, 0.25) is 0 Å². The van der Waals surface area contributed by atoms with Crippen LogP contribution < -0.4 is 5.32 Å². The number of nitrogens with one attached hydrogen (secondary N) is 1. The van der Waals surface area contributed by atoms with Crippen molar-refractivity contribution in [3.8, 4) is 0 Å². The minimum Gasteiger partial charge on any atom is -0.337 e. The molecule has 7 heteroatoms. The number of rotatable bonds is 3. The maximum Gasteiger partial charge on any atom is 0.274 e. The van der Waals surface area contributed by atoms with E-state index >= 15 is 0 Å². The molecule has 1 aliphatic rings. The van der Waals surface area contributed by atoms with E-state index in [0.29, 0.717) is 28.2 Å². The second-order valence-corrected chi connectivity index (χ2v) is 7.57. The van der Waals surface area contributed by atoms with E-state index in [9.17, 15) is 9.59 Å². The number of nitrogens with zero attached hydrogens (tertiary/aromatic N) is 3. The number of anilines is 1. The summed E-state index contributed by atoms with van der Waals surface area (Å²) in [7, 11) is 1.72. The van der Waals surface area contributed by atoms with E-state index in [1.807, 2.05) is 16.3 Å². The molecule has 1 N–H and O–H groups in total. The van der Waals surface area contributed by atoms with Gasteiger partial charge in [0.05, 0.1) is 4.88 Å². The van der Waals surface area contributed by atoms with Gasteiger partial charge in [0.25, 0.3) is 11.8 Å². The first-order valence-electron chi connectivity index (χ1n) is 8.12. The molecule has 0 unspecified atom stereocenters. The van der Waals surface area contributed by atoms with E-state index in [2.05, 4.69) is 24.3 Å². The Morgan fingerprint density at radius 3 is 2.62 bits per heavy atom. The number of amides is 2. The normalized spacial score (nSPS) is 20.9. The van der Waals surface area contributed by atoms with E-state index in [4.69, 9.17) is 0 Å². The van der Waals surface area contributed by atoms with Gasteiger partial charge in [-0.25, -0.2) is 0 Å². The van der Waals surface area contributed by atoms with Gasteiger partial charge in [0, 0.05) is 26.2 Å².